The van der Waals surface area contributed by atoms with Gasteiger partial charge in [0, 0.05) is 9.50 Å². The third kappa shape index (κ3) is 3.17. The molecule has 0 fully saturated rings. The SMILES string of the molecule is Nc1cc(S(=O)(=O)Nc2cc(Cl)ccc2Br)ccc1O. The topological polar surface area (TPSA) is 92.4 Å². The van der Waals surface area contributed by atoms with Crippen molar-refractivity contribution in [2.75, 3.05) is 10.5 Å². The molecule has 0 bridgehead atoms. The molecule has 0 amide bonds. The van der Waals surface area contributed by atoms with Gasteiger partial charge in [-0.25, -0.2) is 8.42 Å². The maximum absolute atomic E-state index is 12.2. The van der Waals surface area contributed by atoms with Gasteiger partial charge in [0.15, 0.2) is 0 Å². The summed E-state index contributed by atoms with van der Waals surface area (Å²) in [5, 5.41) is 9.71. The Bertz CT molecular complexity index is 765. The van der Waals surface area contributed by atoms with E-state index in [1.165, 1.54) is 24.3 Å². The predicted octanol–water partition coefficient (Wildman–Crippen LogP) is 3.19. The Hall–Kier alpha value is -1.44. The Morgan fingerprint density at radius 2 is 1.90 bits per heavy atom. The van der Waals surface area contributed by atoms with E-state index in [9.17, 15) is 13.5 Å². The van der Waals surface area contributed by atoms with Gasteiger partial charge in [0.2, 0.25) is 0 Å². The zero-order chi connectivity index (χ0) is 14.9. The summed E-state index contributed by atoms with van der Waals surface area (Å²) in [7, 11) is -3.82. The minimum absolute atomic E-state index is 0.0157. The van der Waals surface area contributed by atoms with Crippen LogP contribution in [0.4, 0.5) is 11.4 Å². The van der Waals surface area contributed by atoms with E-state index in [0.29, 0.717) is 15.2 Å². The van der Waals surface area contributed by atoms with Gasteiger partial charge in [0.1, 0.15) is 5.75 Å². The molecular formula is C12H10BrClN2O3S. The fraction of sp³-hybridized carbons (Fsp3) is 0. The minimum atomic E-state index is -3.82. The number of nitrogens with two attached hydrogens (primary N) is 1. The molecule has 2 aromatic carbocycles. The summed E-state index contributed by atoms with van der Waals surface area (Å²) >= 11 is 9.06. The van der Waals surface area contributed by atoms with E-state index in [1.54, 1.807) is 12.1 Å². The van der Waals surface area contributed by atoms with Crippen LogP contribution < -0.4 is 10.5 Å². The standard InChI is InChI=1S/C12H10BrClN2O3S/c13-9-3-1-7(14)5-11(9)16-20(18,19)8-2-4-12(17)10(15)6-8/h1-6,16-17H,15H2. The van der Waals surface area contributed by atoms with Crippen LogP contribution in [-0.4, -0.2) is 13.5 Å². The Balaban J connectivity index is 2.40. The molecule has 4 N–H and O–H groups in total. The van der Waals surface area contributed by atoms with Crippen molar-refractivity contribution in [3.05, 3.63) is 45.9 Å². The van der Waals surface area contributed by atoms with Crippen molar-refractivity contribution >= 4 is 48.9 Å². The van der Waals surface area contributed by atoms with Crippen LogP contribution in [-0.2, 0) is 10.0 Å². The summed E-state index contributed by atoms with van der Waals surface area (Å²) in [5.41, 5.74) is 5.79. The lowest BCUT2D eigenvalue weighted by Gasteiger charge is -2.11. The molecule has 0 saturated heterocycles. The number of phenolic OH excluding ortho intramolecular Hbond substituents is 1. The molecule has 106 valence electrons. The van der Waals surface area contributed by atoms with Crippen molar-refractivity contribution in [3.8, 4) is 5.75 Å². The van der Waals surface area contributed by atoms with Gasteiger partial charge in [-0.1, -0.05) is 11.6 Å². The van der Waals surface area contributed by atoms with Crippen molar-refractivity contribution in [1.29, 1.82) is 0 Å². The number of nitrogen functional groups attached to an aromatic ring is 1. The van der Waals surface area contributed by atoms with Gasteiger partial charge < -0.3 is 10.8 Å². The highest BCUT2D eigenvalue weighted by Gasteiger charge is 2.17. The van der Waals surface area contributed by atoms with Crippen molar-refractivity contribution in [3.63, 3.8) is 0 Å². The van der Waals surface area contributed by atoms with Crippen LogP contribution in [0.5, 0.6) is 5.75 Å². The molecule has 0 aliphatic rings. The first-order chi connectivity index (χ1) is 9.29. The second kappa shape index (κ2) is 5.51. The summed E-state index contributed by atoms with van der Waals surface area (Å²) in [6.07, 6.45) is 0. The second-order valence-electron chi connectivity index (χ2n) is 3.95. The van der Waals surface area contributed by atoms with E-state index >= 15 is 0 Å². The highest BCUT2D eigenvalue weighted by molar-refractivity contribution is 9.10. The first-order valence-corrected chi connectivity index (χ1v) is 8.01. The predicted molar refractivity (Wildman–Crippen MR) is 82.5 cm³/mol. The Morgan fingerprint density at radius 1 is 1.20 bits per heavy atom. The monoisotopic (exact) mass is 376 g/mol. The molecule has 0 unspecified atom stereocenters. The van der Waals surface area contributed by atoms with Gasteiger partial charge in [0.05, 0.1) is 16.3 Å². The number of hydrogen-bond acceptors (Lipinski definition) is 4. The smallest absolute Gasteiger partial charge is 0.262 e. The molecule has 8 heteroatoms. The molecule has 0 spiro atoms. The number of hydrogen-bond donors (Lipinski definition) is 3. The van der Waals surface area contributed by atoms with E-state index in [-0.39, 0.29) is 16.3 Å². The average molecular weight is 378 g/mol. The van der Waals surface area contributed by atoms with Crippen LogP contribution in [0.15, 0.2) is 45.8 Å². The molecule has 0 aliphatic carbocycles. The minimum Gasteiger partial charge on any atom is -0.506 e. The number of nitrogens with one attached hydrogen (secondary N) is 1. The maximum Gasteiger partial charge on any atom is 0.262 e. The normalized spacial score (nSPS) is 11.3. The number of sulfonamides is 1. The van der Waals surface area contributed by atoms with E-state index in [0.717, 1.165) is 0 Å². The number of anilines is 2. The lowest BCUT2D eigenvalue weighted by atomic mass is 10.3. The summed E-state index contributed by atoms with van der Waals surface area (Å²) in [6, 6.07) is 8.39. The van der Waals surface area contributed by atoms with Crippen molar-refractivity contribution in [2.24, 2.45) is 0 Å². The molecule has 20 heavy (non-hydrogen) atoms. The fourth-order valence-corrected chi connectivity index (χ4v) is 3.23. The quantitative estimate of drug-likeness (QED) is 0.566. The summed E-state index contributed by atoms with van der Waals surface area (Å²) < 4.78 is 27.4. The van der Waals surface area contributed by atoms with Crippen LogP contribution in [0.1, 0.15) is 0 Å². The average Bonchev–Trinajstić information content (AvgIpc) is 2.36. The zero-order valence-corrected chi connectivity index (χ0v) is 13.1. The van der Waals surface area contributed by atoms with Crippen molar-refractivity contribution in [2.45, 2.75) is 4.90 Å². The highest BCUT2D eigenvalue weighted by Crippen LogP contribution is 2.29. The lowest BCUT2D eigenvalue weighted by Crippen LogP contribution is -2.13. The lowest BCUT2D eigenvalue weighted by molar-refractivity contribution is 0.477. The third-order valence-corrected chi connectivity index (χ3v) is 4.77. The number of rotatable bonds is 3. The maximum atomic E-state index is 12.2. The Morgan fingerprint density at radius 3 is 2.55 bits per heavy atom. The van der Waals surface area contributed by atoms with E-state index in [2.05, 4.69) is 20.7 Å². The first-order valence-electron chi connectivity index (χ1n) is 5.36. The van der Waals surface area contributed by atoms with E-state index in [4.69, 9.17) is 17.3 Å². The largest absolute Gasteiger partial charge is 0.506 e. The molecule has 0 aromatic heterocycles. The van der Waals surface area contributed by atoms with E-state index < -0.39 is 10.0 Å². The number of benzene rings is 2. The van der Waals surface area contributed by atoms with Gasteiger partial charge in [-0.05, 0) is 52.3 Å². The zero-order valence-electron chi connectivity index (χ0n) is 9.97. The van der Waals surface area contributed by atoms with Crippen LogP contribution in [0.2, 0.25) is 5.02 Å². The highest BCUT2D eigenvalue weighted by atomic mass is 79.9. The van der Waals surface area contributed by atoms with Crippen LogP contribution in [0, 0.1) is 0 Å². The van der Waals surface area contributed by atoms with E-state index in [1.807, 2.05) is 0 Å². The number of halogens is 2. The van der Waals surface area contributed by atoms with Crippen molar-refractivity contribution < 1.29 is 13.5 Å². The second-order valence-corrected chi connectivity index (χ2v) is 6.92. The molecular weight excluding hydrogens is 368 g/mol. The summed E-state index contributed by atoms with van der Waals surface area (Å²) in [5.74, 6) is -0.173. The number of phenols is 1. The van der Waals surface area contributed by atoms with Gasteiger partial charge >= 0.3 is 0 Å². The van der Waals surface area contributed by atoms with Gasteiger partial charge in [-0.15, -0.1) is 0 Å². The fourth-order valence-electron chi connectivity index (χ4n) is 1.48. The third-order valence-electron chi connectivity index (χ3n) is 2.48. The molecule has 0 aliphatic heterocycles. The summed E-state index contributed by atoms with van der Waals surface area (Å²) in [4.78, 5) is -0.0559. The Kier molecular flexibility index (Phi) is 4.12. The van der Waals surface area contributed by atoms with Gasteiger partial charge in [0.25, 0.3) is 10.0 Å². The van der Waals surface area contributed by atoms with Crippen LogP contribution >= 0.6 is 27.5 Å². The molecule has 0 atom stereocenters. The van der Waals surface area contributed by atoms with Crippen LogP contribution in [0.3, 0.4) is 0 Å². The van der Waals surface area contributed by atoms with Gasteiger partial charge in [-0.3, -0.25) is 4.72 Å². The summed E-state index contributed by atoms with van der Waals surface area (Å²) in [6.45, 7) is 0. The molecule has 2 aromatic rings. The first kappa shape index (κ1) is 15.0. The molecule has 0 radical (unpaired) electrons. The van der Waals surface area contributed by atoms with Crippen molar-refractivity contribution in [1.82, 2.24) is 0 Å². The molecule has 2 rings (SSSR count). The molecule has 0 saturated carbocycles. The molecule has 5 nitrogen and oxygen atoms in total. The Labute approximate surface area is 129 Å². The van der Waals surface area contributed by atoms with Gasteiger partial charge in [-0.2, -0.15) is 0 Å². The molecule has 0 heterocycles. The number of aromatic hydroxyl groups is 1. The van der Waals surface area contributed by atoms with Crippen LogP contribution in [0.25, 0.3) is 0 Å².